The van der Waals surface area contributed by atoms with E-state index in [4.69, 9.17) is 8.83 Å². The smallest absolute Gasteiger partial charge is 0.339 e. The highest BCUT2D eigenvalue weighted by Crippen LogP contribution is 2.43. The van der Waals surface area contributed by atoms with E-state index in [0.29, 0.717) is 39.6 Å². The van der Waals surface area contributed by atoms with E-state index in [0.717, 1.165) is 24.8 Å². The zero-order chi connectivity index (χ0) is 20.1. The Balaban J connectivity index is 1.94. The second-order valence-corrected chi connectivity index (χ2v) is 7.38. The van der Waals surface area contributed by atoms with Gasteiger partial charge in [0.2, 0.25) is 0 Å². The van der Waals surface area contributed by atoms with Crippen LogP contribution >= 0.6 is 0 Å². The molecule has 0 radical (unpaired) electrons. The number of carbonyl (C=O) groups is 1. The van der Waals surface area contributed by atoms with Crippen molar-refractivity contribution in [1.29, 1.82) is 0 Å². The van der Waals surface area contributed by atoms with Gasteiger partial charge in [0.1, 0.15) is 11.3 Å². The van der Waals surface area contributed by atoms with E-state index in [1.54, 1.807) is 18.2 Å². The number of fused-ring (bicyclic) bond motifs is 5. The lowest BCUT2D eigenvalue weighted by atomic mass is 9.89. The van der Waals surface area contributed by atoms with E-state index in [1.165, 1.54) is 0 Å². The minimum absolute atomic E-state index is 0.0945. The highest BCUT2D eigenvalue weighted by Gasteiger charge is 2.27. The molecule has 0 atom stereocenters. The van der Waals surface area contributed by atoms with Gasteiger partial charge in [-0.25, -0.2) is 4.79 Å². The quantitative estimate of drug-likeness (QED) is 0.502. The van der Waals surface area contributed by atoms with Crippen LogP contribution < -0.4 is 5.63 Å². The van der Waals surface area contributed by atoms with Crippen molar-refractivity contribution in [2.45, 2.75) is 32.1 Å². The van der Waals surface area contributed by atoms with Crippen molar-refractivity contribution in [2.24, 2.45) is 0 Å². The third-order valence-electron chi connectivity index (χ3n) is 5.59. The lowest BCUT2D eigenvalue weighted by Crippen LogP contribution is -2.16. The number of benzene rings is 2. The van der Waals surface area contributed by atoms with Crippen LogP contribution in [0.25, 0.3) is 33.3 Å². The van der Waals surface area contributed by atoms with Gasteiger partial charge >= 0.3 is 11.6 Å². The number of aliphatic carboxylic acids is 1. The molecule has 1 aliphatic rings. The molecule has 0 bridgehead atoms. The highest BCUT2D eigenvalue weighted by molar-refractivity contribution is 6.10. The van der Waals surface area contributed by atoms with Crippen LogP contribution in [0.3, 0.4) is 0 Å². The SMILES string of the molecule is O=C(O)Cc1c(-c2ccccc2)oc2c(O)cc3c4c(c(=O)oc3c12)CCCC4. The number of furan rings is 1. The summed E-state index contributed by atoms with van der Waals surface area (Å²) < 4.78 is 11.6. The van der Waals surface area contributed by atoms with Gasteiger partial charge in [-0.3, -0.25) is 4.79 Å². The maximum absolute atomic E-state index is 12.6. The number of carboxylic acids is 1. The molecule has 0 saturated heterocycles. The monoisotopic (exact) mass is 390 g/mol. The Bertz CT molecular complexity index is 1330. The molecule has 6 heteroatoms. The summed E-state index contributed by atoms with van der Waals surface area (Å²) in [5.74, 6) is -0.782. The van der Waals surface area contributed by atoms with Crippen molar-refractivity contribution in [3.8, 4) is 17.1 Å². The number of rotatable bonds is 3. The average molecular weight is 390 g/mol. The molecule has 5 rings (SSSR count). The summed E-state index contributed by atoms with van der Waals surface area (Å²) in [6.07, 6.45) is 2.92. The van der Waals surface area contributed by atoms with Gasteiger partial charge in [-0.2, -0.15) is 0 Å². The molecule has 2 aromatic carbocycles. The molecule has 2 aromatic heterocycles. The molecule has 0 fully saturated rings. The van der Waals surface area contributed by atoms with Crippen LogP contribution in [0.1, 0.15) is 29.5 Å². The summed E-state index contributed by atoms with van der Waals surface area (Å²) >= 11 is 0. The van der Waals surface area contributed by atoms with Gasteiger partial charge in [0.25, 0.3) is 0 Å². The first-order chi connectivity index (χ1) is 14.0. The Morgan fingerprint density at radius 3 is 2.45 bits per heavy atom. The second kappa shape index (κ2) is 6.51. The molecule has 0 spiro atoms. The molecular weight excluding hydrogens is 372 g/mol. The second-order valence-electron chi connectivity index (χ2n) is 7.38. The molecule has 146 valence electrons. The van der Waals surface area contributed by atoms with E-state index in [-0.39, 0.29) is 23.3 Å². The van der Waals surface area contributed by atoms with E-state index in [1.807, 2.05) is 18.2 Å². The van der Waals surface area contributed by atoms with Gasteiger partial charge in [0.05, 0.1) is 11.8 Å². The van der Waals surface area contributed by atoms with Crippen molar-refractivity contribution in [2.75, 3.05) is 0 Å². The van der Waals surface area contributed by atoms with Crippen LogP contribution in [0, 0.1) is 0 Å². The molecule has 4 aromatic rings. The van der Waals surface area contributed by atoms with Gasteiger partial charge in [-0.05, 0) is 37.3 Å². The van der Waals surface area contributed by atoms with Crippen LogP contribution in [-0.2, 0) is 24.1 Å². The minimum atomic E-state index is -1.04. The molecule has 2 N–H and O–H groups in total. The molecule has 0 unspecified atom stereocenters. The Labute approximate surface area is 165 Å². The molecule has 0 saturated carbocycles. The molecule has 0 amide bonds. The van der Waals surface area contributed by atoms with Crippen LogP contribution in [0.2, 0.25) is 0 Å². The largest absolute Gasteiger partial charge is 0.504 e. The predicted molar refractivity (Wildman–Crippen MR) is 107 cm³/mol. The first-order valence-corrected chi connectivity index (χ1v) is 9.57. The number of carboxylic acid groups (broad SMARTS) is 1. The van der Waals surface area contributed by atoms with Gasteiger partial charge in [0.15, 0.2) is 11.3 Å². The average Bonchev–Trinajstić information content (AvgIpc) is 3.09. The fraction of sp³-hybridized carbons (Fsp3) is 0.217. The number of hydrogen-bond donors (Lipinski definition) is 2. The highest BCUT2D eigenvalue weighted by atomic mass is 16.4. The maximum atomic E-state index is 12.6. The van der Waals surface area contributed by atoms with Crippen molar-refractivity contribution in [3.05, 3.63) is 63.5 Å². The Morgan fingerprint density at radius 1 is 1.00 bits per heavy atom. The maximum Gasteiger partial charge on any atom is 0.339 e. The lowest BCUT2D eigenvalue weighted by Gasteiger charge is -2.16. The van der Waals surface area contributed by atoms with Crippen LogP contribution in [0.5, 0.6) is 5.75 Å². The van der Waals surface area contributed by atoms with Crippen molar-refractivity contribution >= 4 is 27.9 Å². The van der Waals surface area contributed by atoms with Gasteiger partial charge in [-0.15, -0.1) is 0 Å². The first kappa shape index (κ1) is 17.6. The van der Waals surface area contributed by atoms with Crippen molar-refractivity contribution in [1.82, 2.24) is 0 Å². The number of hydrogen-bond acceptors (Lipinski definition) is 5. The van der Waals surface area contributed by atoms with E-state index >= 15 is 0 Å². The van der Waals surface area contributed by atoms with Crippen molar-refractivity contribution in [3.63, 3.8) is 0 Å². The van der Waals surface area contributed by atoms with Crippen molar-refractivity contribution < 1.29 is 23.8 Å². The molecule has 29 heavy (non-hydrogen) atoms. The van der Waals surface area contributed by atoms with E-state index in [2.05, 4.69) is 0 Å². The lowest BCUT2D eigenvalue weighted by molar-refractivity contribution is -0.136. The van der Waals surface area contributed by atoms with Crippen LogP contribution in [0.15, 0.2) is 50.0 Å². The van der Waals surface area contributed by atoms with E-state index in [9.17, 15) is 19.8 Å². The third kappa shape index (κ3) is 2.71. The number of aryl methyl sites for hydroxylation is 1. The Kier molecular flexibility index (Phi) is 3.94. The summed E-state index contributed by atoms with van der Waals surface area (Å²) in [5.41, 5.74) is 2.61. The molecule has 2 heterocycles. The number of aromatic hydroxyl groups is 1. The molecular formula is C23H18O6. The third-order valence-corrected chi connectivity index (χ3v) is 5.59. The van der Waals surface area contributed by atoms with Gasteiger partial charge in [-0.1, -0.05) is 30.3 Å². The zero-order valence-corrected chi connectivity index (χ0v) is 15.5. The van der Waals surface area contributed by atoms with Gasteiger partial charge in [0, 0.05) is 22.1 Å². The molecule has 1 aliphatic carbocycles. The summed E-state index contributed by atoms with van der Waals surface area (Å²) in [4.78, 5) is 24.3. The summed E-state index contributed by atoms with van der Waals surface area (Å²) in [6, 6.07) is 10.7. The first-order valence-electron chi connectivity index (χ1n) is 9.57. The zero-order valence-electron chi connectivity index (χ0n) is 15.5. The summed E-state index contributed by atoms with van der Waals surface area (Å²) in [6.45, 7) is 0. The fourth-order valence-electron chi connectivity index (χ4n) is 4.34. The molecule has 0 aliphatic heterocycles. The summed E-state index contributed by atoms with van der Waals surface area (Å²) in [7, 11) is 0. The van der Waals surface area contributed by atoms with Crippen LogP contribution in [0.4, 0.5) is 0 Å². The number of phenolic OH excluding ortho intramolecular Hbond substituents is 1. The normalized spacial score (nSPS) is 13.7. The topological polar surface area (TPSA) is 101 Å². The molecule has 6 nitrogen and oxygen atoms in total. The Morgan fingerprint density at radius 2 is 1.72 bits per heavy atom. The fourth-order valence-corrected chi connectivity index (χ4v) is 4.34. The minimum Gasteiger partial charge on any atom is -0.504 e. The predicted octanol–water partition coefficient (Wildman–Crippen LogP) is 4.42. The standard InChI is InChI=1S/C23H18O6/c24-17-10-15-13-8-4-5-9-14(13)23(27)29-21(15)19-16(11-18(25)26)20(28-22(17)19)12-6-2-1-3-7-12/h1-3,6-7,10,24H,4-5,8-9,11H2,(H,25,26). The van der Waals surface area contributed by atoms with Gasteiger partial charge < -0.3 is 19.0 Å². The number of phenols is 1. The van der Waals surface area contributed by atoms with Crippen LogP contribution in [-0.4, -0.2) is 16.2 Å². The Hall–Kier alpha value is -3.54. The van der Waals surface area contributed by atoms with E-state index < -0.39 is 11.6 Å². The summed E-state index contributed by atoms with van der Waals surface area (Å²) in [5, 5.41) is 21.2.